The van der Waals surface area contributed by atoms with Crippen LogP contribution in [0.5, 0.6) is 11.5 Å². The molecule has 7 heteroatoms. The van der Waals surface area contributed by atoms with E-state index in [2.05, 4.69) is 20.7 Å². The van der Waals surface area contributed by atoms with Crippen molar-refractivity contribution in [2.75, 3.05) is 17.9 Å². The molecule has 5 nitrogen and oxygen atoms in total. The second kappa shape index (κ2) is 6.18. The van der Waals surface area contributed by atoms with Crippen LogP contribution in [0, 0.1) is 0 Å². The van der Waals surface area contributed by atoms with Gasteiger partial charge < -0.3 is 9.47 Å². The molecule has 116 valence electrons. The van der Waals surface area contributed by atoms with E-state index in [-0.39, 0.29) is 4.90 Å². The molecule has 2 aromatic carbocycles. The van der Waals surface area contributed by atoms with Gasteiger partial charge in [-0.05, 0) is 30.3 Å². The van der Waals surface area contributed by atoms with E-state index in [1.54, 1.807) is 24.3 Å². The second-order valence-electron chi connectivity index (χ2n) is 4.77. The van der Waals surface area contributed by atoms with Crippen LogP contribution < -0.4 is 14.2 Å². The zero-order valence-corrected chi connectivity index (χ0v) is 14.0. The zero-order valence-electron chi connectivity index (χ0n) is 11.6. The van der Waals surface area contributed by atoms with E-state index in [1.165, 1.54) is 12.1 Å². The fourth-order valence-corrected chi connectivity index (χ4v) is 3.54. The van der Waals surface area contributed by atoms with Gasteiger partial charge >= 0.3 is 0 Å². The molecule has 2 aromatic rings. The van der Waals surface area contributed by atoms with Gasteiger partial charge in [-0.25, -0.2) is 8.42 Å². The van der Waals surface area contributed by atoms with E-state index in [4.69, 9.17) is 9.47 Å². The topological polar surface area (TPSA) is 64.6 Å². The molecule has 0 unspecified atom stereocenters. The Morgan fingerprint density at radius 3 is 2.55 bits per heavy atom. The minimum absolute atomic E-state index is 0.136. The van der Waals surface area contributed by atoms with Crippen molar-refractivity contribution >= 4 is 31.6 Å². The first-order valence-electron chi connectivity index (χ1n) is 6.73. The van der Waals surface area contributed by atoms with Crippen molar-refractivity contribution in [2.24, 2.45) is 0 Å². The number of fused-ring (bicyclic) bond motifs is 1. The number of ether oxygens (including phenoxy) is 2. The first-order chi connectivity index (χ1) is 10.5. The highest BCUT2D eigenvalue weighted by molar-refractivity contribution is 9.10. The fourth-order valence-electron chi connectivity index (χ4n) is 2.08. The third kappa shape index (κ3) is 3.36. The van der Waals surface area contributed by atoms with E-state index in [0.717, 1.165) is 10.9 Å². The molecule has 1 aliphatic heterocycles. The van der Waals surface area contributed by atoms with Crippen LogP contribution in [0.25, 0.3) is 0 Å². The number of benzene rings is 2. The Kier molecular flexibility index (Phi) is 4.26. The molecule has 0 spiro atoms. The molecule has 0 bridgehead atoms. The zero-order chi connectivity index (χ0) is 15.6. The summed E-state index contributed by atoms with van der Waals surface area (Å²) in [6, 6.07) is 11.6. The number of hydrogen-bond donors (Lipinski definition) is 1. The SMILES string of the molecule is O=S(=O)(Nc1cccc(Br)c1)c1ccc2c(c1)OCCCO2. The van der Waals surface area contributed by atoms with E-state index in [9.17, 15) is 8.42 Å². The van der Waals surface area contributed by atoms with Gasteiger partial charge in [0.1, 0.15) is 0 Å². The molecular weight excluding hydrogens is 370 g/mol. The Hall–Kier alpha value is -1.73. The van der Waals surface area contributed by atoms with Gasteiger partial charge in [0.25, 0.3) is 10.0 Å². The molecular formula is C15H14BrNO4S. The van der Waals surface area contributed by atoms with Crippen LogP contribution in [0.1, 0.15) is 6.42 Å². The Labute approximate surface area is 137 Å². The quantitative estimate of drug-likeness (QED) is 0.881. The van der Waals surface area contributed by atoms with Gasteiger partial charge in [0.2, 0.25) is 0 Å². The summed E-state index contributed by atoms with van der Waals surface area (Å²) >= 11 is 3.31. The lowest BCUT2D eigenvalue weighted by Gasteiger charge is -2.11. The van der Waals surface area contributed by atoms with Crippen molar-refractivity contribution in [3.63, 3.8) is 0 Å². The van der Waals surface area contributed by atoms with Gasteiger partial charge in [0, 0.05) is 22.6 Å². The number of halogens is 1. The number of anilines is 1. The second-order valence-corrected chi connectivity index (χ2v) is 7.37. The maximum Gasteiger partial charge on any atom is 0.262 e. The van der Waals surface area contributed by atoms with Crippen LogP contribution in [0.3, 0.4) is 0 Å². The third-order valence-corrected chi connectivity index (χ3v) is 4.98. The first kappa shape index (κ1) is 15.2. The lowest BCUT2D eigenvalue weighted by atomic mass is 10.3. The van der Waals surface area contributed by atoms with E-state index >= 15 is 0 Å². The normalized spacial score (nSPS) is 14.2. The molecule has 1 aliphatic rings. The first-order valence-corrected chi connectivity index (χ1v) is 9.00. The van der Waals surface area contributed by atoms with Crippen molar-refractivity contribution in [3.05, 3.63) is 46.9 Å². The summed E-state index contributed by atoms with van der Waals surface area (Å²) in [5.74, 6) is 1.02. The Morgan fingerprint density at radius 2 is 1.77 bits per heavy atom. The summed E-state index contributed by atoms with van der Waals surface area (Å²) < 4.78 is 39.3. The molecule has 0 aromatic heterocycles. The number of nitrogens with one attached hydrogen (secondary N) is 1. The average molecular weight is 384 g/mol. The van der Waals surface area contributed by atoms with Crippen molar-refractivity contribution in [2.45, 2.75) is 11.3 Å². The molecule has 0 amide bonds. The van der Waals surface area contributed by atoms with Gasteiger partial charge in [0.15, 0.2) is 11.5 Å². The summed E-state index contributed by atoms with van der Waals surface area (Å²) in [7, 11) is -3.68. The van der Waals surface area contributed by atoms with Crippen LogP contribution in [-0.2, 0) is 10.0 Å². The summed E-state index contributed by atoms with van der Waals surface area (Å²) in [6.45, 7) is 1.07. The van der Waals surface area contributed by atoms with Crippen LogP contribution in [0.15, 0.2) is 51.8 Å². The summed E-state index contributed by atoms with van der Waals surface area (Å²) in [6.07, 6.45) is 0.771. The molecule has 0 saturated heterocycles. The van der Waals surface area contributed by atoms with Gasteiger partial charge in [-0.3, -0.25) is 4.72 Å². The molecule has 1 N–H and O–H groups in total. The highest BCUT2D eigenvalue weighted by atomic mass is 79.9. The summed E-state index contributed by atoms with van der Waals surface area (Å²) in [5, 5.41) is 0. The van der Waals surface area contributed by atoms with Crippen LogP contribution in [0.2, 0.25) is 0 Å². The van der Waals surface area contributed by atoms with Crippen molar-refractivity contribution in [1.29, 1.82) is 0 Å². The minimum atomic E-state index is -3.68. The van der Waals surface area contributed by atoms with Crippen molar-refractivity contribution in [3.8, 4) is 11.5 Å². The number of hydrogen-bond acceptors (Lipinski definition) is 4. The minimum Gasteiger partial charge on any atom is -0.490 e. The van der Waals surface area contributed by atoms with E-state index in [0.29, 0.717) is 30.4 Å². The lowest BCUT2D eigenvalue weighted by Crippen LogP contribution is -2.13. The predicted octanol–water partition coefficient (Wildman–Crippen LogP) is 3.41. The molecule has 1 heterocycles. The van der Waals surface area contributed by atoms with E-state index in [1.807, 2.05) is 6.07 Å². The Morgan fingerprint density at radius 1 is 1.00 bits per heavy atom. The Balaban J connectivity index is 1.90. The van der Waals surface area contributed by atoms with Crippen molar-refractivity contribution < 1.29 is 17.9 Å². The van der Waals surface area contributed by atoms with Crippen LogP contribution in [0.4, 0.5) is 5.69 Å². The largest absolute Gasteiger partial charge is 0.490 e. The van der Waals surface area contributed by atoms with Gasteiger partial charge in [-0.15, -0.1) is 0 Å². The Bertz CT molecular complexity index is 792. The molecule has 0 fully saturated rings. The van der Waals surface area contributed by atoms with Crippen LogP contribution >= 0.6 is 15.9 Å². The fraction of sp³-hybridized carbons (Fsp3) is 0.200. The molecule has 0 aliphatic carbocycles. The molecule has 0 radical (unpaired) electrons. The van der Waals surface area contributed by atoms with Gasteiger partial charge in [0.05, 0.1) is 18.1 Å². The average Bonchev–Trinajstić information content (AvgIpc) is 2.71. The summed E-state index contributed by atoms with van der Waals surface area (Å²) in [4.78, 5) is 0.136. The van der Waals surface area contributed by atoms with Crippen molar-refractivity contribution in [1.82, 2.24) is 0 Å². The predicted molar refractivity (Wildman–Crippen MR) is 87.0 cm³/mol. The maximum absolute atomic E-state index is 12.5. The molecule has 22 heavy (non-hydrogen) atoms. The highest BCUT2D eigenvalue weighted by Crippen LogP contribution is 2.32. The maximum atomic E-state index is 12.5. The smallest absolute Gasteiger partial charge is 0.262 e. The highest BCUT2D eigenvalue weighted by Gasteiger charge is 2.19. The lowest BCUT2D eigenvalue weighted by molar-refractivity contribution is 0.297. The molecule has 0 saturated carbocycles. The monoisotopic (exact) mass is 383 g/mol. The molecule has 0 atom stereocenters. The van der Waals surface area contributed by atoms with E-state index < -0.39 is 10.0 Å². The number of sulfonamides is 1. The standard InChI is InChI=1S/C15H14BrNO4S/c16-11-3-1-4-12(9-11)17-22(18,19)13-5-6-14-15(10-13)21-8-2-7-20-14/h1,3-6,9-10,17H,2,7-8H2. The van der Waals surface area contributed by atoms with Gasteiger partial charge in [-0.1, -0.05) is 22.0 Å². The van der Waals surface area contributed by atoms with Gasteiger partial charge in [-0.2, -0.15) is 0 Å². The summed E-state index contributed by atoms with van der Waals surface area (Å²) in [5.41, 5.74) is 0.487. The molecule has 3 rings (SSSR count). The van der Waals surface area contributed by atoms with Crippen LogP contribution in [-0.4, -0.2) is 21.6 Å². The number of rotatable bonds is 3. The third-order valence-electron chi connectivity index (χ3n) is 3.11.